The third-order valence-corrected chi connectivity index (χ3v) is 9.51. The Bertz CT molecular complexity index is 1240. The summed E-state index contributed by atoms with van der Waals surface area (Å²) in [5.41, 5.74) is -0.238. The van der Waals surface area contributed by atoms with E-state index in [4.69, 9.17) is 18.9 Å². The fourth-order valence-electron chi connectivity index (χ4n) is 7.72. The number of hydrogen-bond donors (Lipinski definition) is 2. The topological polar surface area (TPSA) is 110 Å². The minimum atomic E-state index is -1.06. The molecule has 1 spiro atoms. The minimum Gasteiger partial charge on any atom is -0.493 e. The third kappa shape index (κ3) is 4.05. The van der Waals surface area contributed by atoms with Gasteiger partial charge in [-0.25, -0.2) is 9.59 Å². The zero-order valence-electron chi connectivity index (χ0n) is 24.1. The van der Waals surface area contributed by atoms with Gasteiger partial charge in [0.1, 0.15) is 11.4 Å². The second-order valence-corrected chi connectivity index (χ2v) is 12.9. The molecule has 218 valence electrons. The monoisotopic (exact) mass is 555 g/mol. The van der Waals surface area contributed by atoms with Gasteiger partial charge in [0.15, 0.2) is 17.6 Å². The number of hydrogen-bond acceptors (Lipinski definition) is 8. The molecule has 0 saturated carbocycles. The summed E-state index contributed by atoms with van der Waals surface area (Å²) in [6.07, 6.45) is 4.58. The Labute approximate surface area is 235 Å². The van der Waals surface area contributed by atoms with E-state index in [0.29, 0.717) is 36.6 Å². The molecule has 5 unspecified atom stereocenters. The Kier molecular flexibility index (Phi) is 6.49. The molecule has 3 aliphatic heterocycles. The van der Waals surface area contributed by atoms with Crippen molar-refractivity contribution in [3.05, 3.63) is 35.1 Å². The zero-order valence-corrected chi connectivity index (χ0v) is 24.1. The first kappa shape index (κ1) is 27.2. The first-order valence-electron chi connectivity index (χ1n) is 14.4. The molecule has 10 heteroatoms. The number of rotatable bonds is 4. The van der Waals surface area contributed by atoms with E-state index in [2.05, 4.69) is 23.3 Å². The zero-order chi connectivity index (χ0) is 28.4. The number of amides is 2. The van der Waals surface area contributed by atoms with E-state index in [1.807, 2.05) is 32.9 Å². The molecule has 2 fully saturated rings. The van der Waals surface area contributed by atoms with E-state index in [1.165, 1.54) is 0 Å². The molecule has 6 rings (SSSR count). The van der Waals surface area contributed by atoms with Gasteiger partial charge in [-0.2, -0.15) is 0 Å². The van der Waals surface area contributed by atoms with Crippen LogP contribution in [0.25, 0.3) is 0 Å². The molecule has 1 aromatic carbocycles. The lowest BCUT2D eigenvalue weighted by atomic mass is 9.50. The predicted molar refractivity (Wildman–Crippen MR) is 147 cm³/mol. The molecule has 5 aliphatic rings. The van der Waals surface area contributed by atoms with E-state index in [0.717, 1.165) is 43.4 Å². The van der Waals surface area contributed by atoms with Crippen molar-refractivity contribution in [2.45, 2.75) is 94.1 Å². The fraction of sp³-hybridized carbons (Fsp3) is 0.667. The van der Waals surface area contributed by atoms with Crippen LogP contribution in [0.15, 0.2) is 24.0 Å². The maximum atomic E-state index is 13.7. The SMILES string of the molecule is COc1ccc2c3c1OC1C(OC(=O)N4CCCCC4CNC(=O)OC(C)(C)C)=CCC4(O)C(C2)N(C)CCC314. The molecule has 40 heavy (non-hydrogen) atoms. The Morgan fingerprint density at radius 1 is 1.23 bits per heavy atom. The number of piperidine rings is 2. The van der Waals surface area contributed by atoms with Gasteiger partial charge in [-0.1, -0.05) is 6.07 Å². The van der Waals surface area contributed by atoms with Gasteiger partial charge in [-0.15, -0.1) is 0 Å². The number of likely N-dealkylation sites (N-methyl/N-ethyl adjacent to an activating group) is 1. The van der Waals surface area contributed by atoms with Crippen molar-refractivity contribution in [1.82, 2.24) is 15.1 Å². The molecule has 10 nitrogen and oxygen atoms in total. The summed E-state index contributed by atoms with van der Waals surface area (Å²) >= 11 is 0. The third-order valence-electron chi connectivity index (χ3n) is 9.51. The minimum absolute atomic E-state index is 0.0712. The summed E-state index contributed by atoms with van der Waals surface area (Å²) < 4.78 is 23.8. The molecule has 2 bridgehead atoms. The number of aliphatic hydroxyl groups is 1. The van der Waals surface area contributed by atoms with Crippen LogP contribution in [0.1, 0.15) is 64.0 Å². The van der Waals surface area contributed by atoms with Crippen LogP contribution >= 0.6 is 0 Å². The smallest absolute Gasteiger partial charge is 0.415 e. The standard InChI is InChI=1S/C30H41N3O7/c1-28(2,3)40-26(34)31-17-19-8-6-7-14-33(19)27(35)38-21-11-12-30(36)22-16-18-9-10-20(37-5)24-23(18)29(30,25(21)39-24)13-15-32(22)4/h9-11,19,22,25,36H,6-8,12-17H2,1-5H3,(H,31,34). The number of benzene rings is 1. The van der Waals surface area contributed by atoms with Crippen molar-refractivity contribution < 1.29 is 33.6 Å². The summed E-state index contributed by atoms with van der Waals surface area (Å²) in [4.78, 5) is 29.9. The molecule has 2 saturated heterocycles. The molecule has 1 aromatic rings. The fourth-order valence-corrected chi connectivity index (χ4v) is 7.72. The van der Waals surface area contributed by atoms with Crippen LogP contribution in [-0.4, -0.2) is 90.3 Å². The number of carbonyl (C=O) groups excluding carboxylic acids is 2. The Balaban J connectivity index is 1.27. The highest BCUT2D eigenvalue weighted by molar-refractivity contribution is 5.72. The number of methoxy groups -OCH3 is 1. The average molecular weight is 556 g/mol. The lowest BCUT2D eigenvalue weighted by Gasteiger charge is -2.61. The van der Waals surface area contributed by atoms with Crippen LogP contribution < -0.4 is 14.8 Å². The first-order chi connectivity index (χ1) is 19.0. The van der Waals surface area contributed by atoms with Gasteiger partial charge in [0.25, 0.3) is 0 Å². The predicted octanol–water partition coefficient (Wildman–Crippen LogP) is 3.49. The van der Waals surface area contributed by atoms with E-state index in [9.17, 15) is 14.7 Å². The van der Waals surface area contributed by atoms with Crippen LogP contribution in [0.3, 0.4) is 0 Å². The lowest BCUT2D eigenvalue weighted by Crippen LogP contribution is -2.74. The molecule has 2 N–H and O–H groups in total. The van der Waals surface area contributed by atoms with Crippen molar-refractivity contribution >= 4 is 12.2 Å². The number of nitrogens with zero attached hydrogens (tertiary/aromatic N) is 2. The number of nitrogens with one attached hydrogen (secondary N) is 1. The molecule has 3 heterocycles. The van der Waals surface area contributed by atoms with E-state index in [1.54, 1.807) is 12.0 Å². The Morgan fingerprint density at radius 3 is 2.77 bits per heavy atom. The number of alkyl carbamates (subject to hydrolysis) is 1. The Hall–Kier alpha value is -2.98. The molecular weight excluding hydrogens is 514 g/mol. The summed E-state index contributed by atoms with van der Waals surface area (Å²) in [6.45, 7) is 7.07. The summed E-state index contributed by atoms with van der Waals surface area (Å²) in [5.74, 6) is 1.71. The van der Waals surface area contributed by atoms with Gasteiger partial charge >= 0.3 is 12.2 Å². The van der Waals surface area contributed by atoms with Crippen LogP contribution in [0.2, 0.25) is 0 Å². The second-order valence-electron chi connectivity index (χ2n) is 12.9. The van der Waals surface area contributed by atoms with Crippen molar-refractivity contribution in [2.24, 2.45) is 0 Å². The maximum absolute atomic E-state index is 13.7. The average Bonchev–Trinajstić information content (AvgIpc) is 3.26. The van der Waals surface area contributed by atoms with Gasteiger partial charge in [0.2, 0.25) is 0 Å². The molecular formula is C30H41N3O7. The van der Waals surface area contributed by atoms with Crippen LogP contribution in [-0.2, 0) is 21.3 Å². The van der Waals surface area contributed by atoms with E-state index in [-0.39, 0.29) is 18.6 Å². The second kappa shape index (κ2) is 9.55. The van der Waals surface area contributed by atoms with E-state index < -0.39 is 34.9 Å². The number of carbonyl (C=O) groups is 2. The largest absolute Gasteiger partial charge is 0.493 e. The summed E-state index contributed by atoms with van der Waals surface area (Å²) in [6, 6.07) is 3.73. The van der Waals surface area contributed by atoms with Gasteiger partial charge in [0, 0.05) is 31.1 Å². The van der Waals surface area contributed by atoms with Gasteiger partial charge in [-0.05, 0) is 84.2 Å². The first-order valence-corrected chi connectivity index (χ1v) is 14.4. The highest BCUT2D eigenvalue weighted by Crippen LogP contribution is 2.65. The quantitative estimate of drug-likeness (QED) is 0.581. The van der Waals surface area contributed by atoms with Gasteiger partial charge in [-0.3, -0.25) is 0 Å². The summed E-state index contributed by atoms with van der Waals surface area (Å²) in [7, 11) is 3.68. The molecule has 0 radical (unpaired) electrons. The molecule has 5 atom stereocenters. The number of likely N-dealkylation sites (tertiary alicyclic amines) is 2. The van der Waals surface area contributed by atoms with E-state index >= 15 is 0 Å². The van der Waals surface area contributed by atoms with Crippen molar-refractivity contribution in [3.63, 3.8) is 0 Å². The van der Waals surface area contributed by atoms with Crippen molar-refractivity contribution in [2.75, 3.05) is 33.8 Å². The highest BCUT2D eigenvalue weighted by Gasteiger charge is 2.72. The Morgan fingerprint density at radius 2 is 2.02 bits per heavy atom. The van der Waals surface area contributed by atoms with Gasteiger partial charge < -0.3 is 39.2 Å². The normalized spacial score (nSPS) is 32.4. The lowest BCUT2D eigenvalue weighted by molar-refractivity contribution is -0.163. The van der Waals surface area contributed by atoms with Gasteiger partial charge in [0.05, 0.1) is 24.2 Å². The summed E-state index contributed by atoms with van der Waals surface area (Å²) in [5, 5.41) is 15.2. The number of ether oxygens (including phenoxy) is 4. The van der Waals surface area contributed by atoms with Crippen LogP contribution in [0, 0.1) is 0 Å². The van der Waals surface area contributed by atoms with Crippen molar-refractivity contribution in [3.8, 4) is 11.5 Å². The highest BCUT2D eigenvalue weighted by atomic mass is 16.6. The van der Waals surface area contributed by atoms with Crippen LogP contribution in [0.4, 0.5) is 9.59 Å². The maximum Gasteiger partial charge on any atom is 0.415 e. The molecule has 2 amide bonds. The van der Waals surface area contributed by atoms with Crippen LogP contribution in [0.5, 0.6) is 11.5 Å². The van der Waals surface area contributed by atoms with Crippen molar-refractivity contribution in [1.29, 1.82) is 0 Å². The molecule has 2 aliphatic carbocycles. The molecule has 0 aromatic heterocycles.